The van der Waals surface area contributed by atoms with Gasteiger partial charge in [0.15, 0.2) is 5.78 Å². The highest BCUT2D eigenvalue weighted by molar-refractivity contribution is 6.38. The van der Waals surface area contributed by atoms with Crippen LogP contribution in [0.5, 0.6) is 0 Å². The van der Waals surface area contributed by atoms with Gasteiger partial charge in [0.25, 0.3) is 0 Å². The first-order chi connectivity index (χ1) is 13.8. The molecule has 0 radical (unpaired) electrons. The molecule has 2 N–H and O–H groups in total. The Morgan fingerprint density at radius 2 is 1.90 bits per heavy atom. The molecule has 0 aromatic heterocycles. The zero-order valence-corrected chi connectivity index (χ0v) is 18.2. The SMILES string of the molecule is CC1CN(Cc2c(Cl)ccc(C(=O)C3=C(O)C4CCC(C4)C3O)c2Cl)CC(C)O1. The van der Waals surface area contributed by atoms with Crippen LogP contribution in [0.3, 0.4) is 0 Å². The number of fused-ring (bicyclic) bond motifs is 2. The molecule has 1 aromatic carbocycles. The van der Waals surface area contributed by atoms with E-state index in [1.807, 2.05) is 13.8 Å². The van der Waals surface area contributed by atoms with E-state index in [9.17, 15) is 15.0 Å². The largest absolute Gasteiger partial charge is 0.511 e. The summed E-state index contributed by atoms with van der Waals surface area (Å²) >= 11 is 13.1. The molecule has 1 saturated heterocycles. The molecule has 5 nitrogen and oxygen atoms in total. The van der Waals surface area contributed by atoms with Crippen molar-refractivity contribution >= 4 is 29.0 Å². The van der Waals surface area contributed by atoms with E-state index in [1.54, 1.807) is 12.1 Å². The lowest BCUT2D eigenvalue weighted by molar-refractivity contribution is -0.0704. The van der Waals surface area contributed by atoms with Crippen molar-refractivity contribution in [2.75, 3.05) is 13.1 Å². The fourth-order valence-corrected chi connectivity index (χ4v) is 5.69. The molecular weight excluding hydrogens is 413 g/mol. The Morgan fingerprint density at radius 1 is 1.21 bits per heavy atom. The lowest BCUT2D eigenvalue weighted by Gasteiger charge is -2.35. The number of benzene rings is 1. The summed E-state index contributed by atoms with van der Waals surface area (Å²) in [6.07, 6.45) is 1.62. The first-order valence-corrected chi connectivity index (χ1v) is 11.0. The number of ether oxygens (including phenoxy) is 1. The van der Waals surface area contributed by atoms with Crippen molar-refractivity contribution in [3.8, 4) is 0 Å². The molecule has 4 rings (SSSR count). The molecule has 0 spiro atoms. The van der Waals surface area contributed by atoms with Crippen molar-refractivity contribution in [1.29, 1.82) is 0 Å². The Balaban J connectivity index is 1.64. The minimum Gasteiger partial charge on any atom is -0.511 e. The van der Waals surface area contributed by atoms with Crippen LogP contribution in [0.4, 0.5) is 0 Å². The van der Waals surface area contributed by atoms with Crippen molar-refractivity contribution in [2.45, 2.75) is 58.0 Å². The van der Waals surface area contributed by atoms with Gasteiger partial charge in [-0.1, -0.05) is 23.2 Å². The molecule has 2 bridgehead atoms. The molecule has 3 aliphatic rings. The molecule has 158 valence electrons. The quantitative estimate of drug-likeness (QED) is 0.680. The van der Waals surface area contributed by atoms with Gasteiger partial charge < -0.3 is 14.9 Å². The maximum absolute atomic E-state index is 13.3. The number of Topliss-reactive ketones (excluding diaryl/α,β-unsaturated/α-hetero) is 1. The number of rotatable bonds is 4. The van der Waals surface area contributed by atoms with Crippen LogP contribution in [-0.4, -0.2) is 52.3 Å². The van der Waals surface area contributed by atoms with Crippen LogP contribution in [0.1, 0.15) is 49.0 Å². The highest BCUT2D eigenvalue weighted by Crippen LogP contribution is 2.45. The van der Waals surface area contributed by atoms with Crippen molar-refractivity contribution in [3.63, 3.8) is 0 Å². The van der Waals surface area contributed by atoms with Crippen LogP contribution < -0.4 is 0 Å². The molecule has 1 heterocycles. The summed E-state index contributed by atoms with van der Waals surface area (Å²) in [7, 11) is 0. The van der Waals surface area contributed by atoms with E-state index >= 15 is 0 Å². The molecule has 2 aliphatic carbocycles. The molecule has 0 amide bonds. The number of allylic oxidation sites excluding steroid dienone is 1. The summed E-state index contributed by atoms with van der Waals surface area (Å²) in [4.78, 5) is 15.5. The Hall–Kier alpha value is -1.11. The van der Waals surface area contributed by atoms with Gasteiger partial charge in [-0.25, -0.2) is 0 Å². The second kappa shape index (κ2) is 8.20. The van der Waals surface area contributed by atoms with Crippen LogP contribution in [0.15, 0.2) is 23.5 Å². The number of hydrogen-bond acceptors (Lipinski definition) is 5. The molecule has 1 saturated carbocycles. The second-order valence-electron chi connectivity index (χ2n) is 8.68. The Bertz CT molecular complexity index is 845. The highest BCUT2D eigenvalue weighted by atomic mass is 35.5. The number of carbonyl (C=O) groups excluding carboxylic acids is 1. The Kier molecular flexibility index (Phi) is 5.97. The zero-order valence-electron chi connectivity index (χ0n) is 16.7. The summed E-state index contributed by atoms with van der Waals surface area (Å²) < 4.78 is 5.78. The first kappa shape index (κ1) is 21.1. The number of halogens is 2. The lowest BCUT2D eigenvalue weighted by Crippen LogP contribution is -2.44. The van der Waals surface area contributed by atoms with Crippen LogP contribution in [-0.2, 0) is 11.3 Å². The number of aliphatic hydroxyl groups excluding tert-OH is 2. The summed E-state index contributed by atoms with van der Waals surface area (Å²) in [5.41, 5.74) is 1.07. The van der Waals surface area contributed by atoms with Gasteiger partial charge in [0, 0.05) is 41.7 Å². The van der Waals surface area contributed by atoms with E-state index in [4.69, 9.17) is 27.9 Å². The zero-order chi connectivity index (χ0) is 20.9. The number of ketones is 1. The number of hydrogen-bond donors (Lipinski definition) is 2. The van der Waals surface area contributed by atoms with Gasteiger partial charge in [0.05, 0.1) is 28.9 Å². The molecular formula is C22H27Cl2NO4. The Morgan fingerprint density at radius 3 is 2.59 bits per heavy atom. The number of carbonyl (C=O) groups is 1. The summed E-state index contributed by atoms with van der Waals surface area (Å²) in [5.74, 6) is -0.390. The van der Waals surface area contributed by atoms with Crippen LogP contribution in [0.2, 0.25) is 10.0 Å². The van der Waals surface area contributed by atoms with Gasteiger partial charge in [-0.05, 0) is 51.2 Å². The van der Waals surface area contributed by atoms with E-state index in [0.717, 1.165) is 32.4 Å². The fraction of sp³-hybridized carbons (Fsp3) is 0.591. The third-order valence-corrected chi connectivity index (χ3v) is 7.22. The molecule has 1 aliphatic heterocycles. The minimum absolute atomic E-state index is 0.0247. The number of aliphatic hydroxyl groups is 2. The predicted molar refractivity (Wildman–Crippen MR) is 113 cm³/mol. The van der Waals surface area contributed by atoms with E-state index in [-0.39, 0.29) is 40.9 Å². The van der Waals surface area contributed by atoms with Crippen LogP contribution in [0, 0.1) is 11.8 Å². The fourth-order valence-electron chi connectivity index (χ4n) is 5.11. The average molecular weight is 440 g/mol. The standard InChI is InChI=1S/C22H27Cl2NO4/c1-11-8-25(9-12(2)29-11)10-16-17(23)6-5-15(19(16)24)22(28)18-20(26)13-3-4-14(7-13)21(18)27/h5-6,11-14,20,26-27H,3-4,7-10H2,1-2H3. The molecule has 5 atom stereocenters. The third kappa shape index (κ3) is 3.96. The third-order valence-electron chi connectivity index (χ3n) is 6.43. The van der Waals surface area contributed by atoms with E-state index < -0.39 is 11.9 Å². The summed E-state index contributed by atoms with van der Waals surface area (Å²) in [5, 5.41) is 22.1. The van der Waals surface area contributed by atoms with Gasteiger partial charge in [-0.3, -0.25) is 9.69 Å². The van der Waals surface area contributed by atoms with E-state index in [2.05, 4.69) is 4.90 Å². The van der Waals surface area contributed by atoms with Gasteiger partial charge >= 0.3 is 0 Å². The predicted octanol–water partition coefficient (Wildman–Crippen LogP) is 4.39. The Labute approximate surface area is 181 Å². The summed E-state index contributed by atoms with van der Waals surface area (Å²) in [6, 6.07) is 3.26. The molecule has 2 fully saturated rings. The van der Waals surface area contributed by atoms with Crippen molar-refractivity contribution in [2.24, 2.45) is 11.8 Å². The molecule has 29 heavy (non-hydrogen) atoms. The van der Waals surface area contributed by atoms with Crippen molar-refractivity contribution in [1.82, 2.24) is 4.90 Å². The highest BCUT2D eigenvalue weighted by Gasteiger charge is 2.43. The van der Waals surface area contributed by atoms with Crippen LogP contribution in [0.25, 0.3) is 0 Å². The topological polar surface area (TPSA) is 70.0 Å². The van der Waals surface area contributed by atoms with E-state index in [1.165, 1.54) is 0 Å². The normalized spacial score (nSPS) is 32.7. The maximum Gasteiger partial charge on any atom is 0.196 e. The number of morpholine rings is 1. The van der Waals surface area contributed by atoms with Gasteiger partial charge in [-0.2, -0.15) is 0 Å². The lowest BCUT2D eigenvalue weighted by atomic mass is 9.82. The van der Waals surface area contributed by atoms with Crippen LogP contribution >= 0.6 is 23.2 Å². The monoisotopic (exact) mass is 439 g/mol. The average Bonchev–Trinajstić information content (AvgIpc) is 3.10. The molecule has 1 aromatic rings. The maximum atomic E-state index is 13.3. The molecule has 5 unspecified atom stereocenters. The first-order valence-electron chi connectivity index (χ1n) is 10.3. The van der Waals surface area contributed by atoms with Crippen molar-refractivity contribution in [3.05, 3.63) is 44.6 Å². The van der Waals surface area contributed by atoms with Gasteiger partial charge in [0.1, 0.15) is 5.76 Å². The van der Waals surface area contributed by atoms with Crippen molar-refractivity contribution < 1.29 is 19.7 Å². The smallest absolute Gasteiger partial charge is 0.196 e. The second-order valence-corrected chi connectivity index (χ2v) is 9.47. The van der Waals surface area contributed by atoms with E-state index in [0.29, 0.717) is 22.2 Å². The minimum atomic E-state index is -0.947. The van der Waals surface area contributed by atoms with Gasteiger partial charge in [0.2, 0.25) is 0 Å². The number of nitrogens with zero attached hydrogens (tertiary/aromatic N) is 1. The molecule has 7 heteroatoms. The summed E-state index contributed by atoms with van der Waals surface area (Å²) in [6.45, 7) is 6.07. The van der Waals surface area contributed by atoms with Gasteiger partial charge in [-0.15, -0.1) is 0 Å².